The first kappa shape index (κ1) is 11.6. The maximum atomic E-state index is 13.1. The van der Waals surface area contributed by atoms with Crippen molar-refractivity contribution in [2.75, 3.05) is 0 Å². The summed E-state index contributed by atoms with van der Waals surface area (Å²) in [6.45, 7) is 0. The molecule has 0 aromatic heterocycles. The smallest absolute Gasteiger partial charge is 0.304 e. The molecule has 1 aromatic carbocycles. The van der Waals surface area contributed by atoms with E-state index in [0.717, 1.165) is 18.2 Å². The summed E-state index contributed by atoms with van der Waals surface area (Å²) in [6.07, 6.45) is -0.258. The van der Waals surface area contributed by atoms with Gasteiger partial charge in [0.25, 0.3) is 0 Å². The number of nitrogens with two attached hydrogens (primary N) is 1. The van der Waals surface area contributed by atoms with Crippen LogP contribution in [-0.4, -0.2) is 17.1 Å². The van der Waals surface area contributed by atoms with Crippen molar-refractivity contribution in [1.82, 2.24) is 0 Å². The zero-order valence-corrected chi connectivity index (χ0v) is 7.91. The highest BCUT2D eigenvalue weighted by Crippen LogP contribution is 2.12. The molecule has 0 saturated carbocycles. The Hall–Kier alpha value is -1.49. The van der Waals surface area contributed by atoms with E-state index in [1.54, 1.807) is 0 Å². The van der Waals surface area contributed by atoms with Crippen LogP contribution in [0.3, 0.4) is 0 Å². The standard InChI is InChI=1S/C10H11F2NO2/c11-7-1-2-9(12)6(3-7)4-8(13)5-10(14)15/h1-3,8H,4-5,13H2,(H,14,15)/t8-/m1/s1. The van der Waals surface area contributed by atoms with Crippen molar-refractivity contribution >= 4 is 5.97 Å². The predicted molar refractivity (Wildman–Crippen MR) is 50.3 cm³/mol. The van der Waals surface area contributed by atoms with E-state index in [1.807, 2.05) is 0 Å². The highest BCUT2D eigenvalue weighted by atomic mass is 19.1. The number of halogens is 2. The quantitative estimate of drug-likeness (QED) is 0.795. The normalized spacial score (nSPS) is 12.5. The molecule has 1 rings (SSSR count). The Labute approximate surface area is 85.5 Å². The first-order chi connectivity index (χ1) is 6.99. The Morgan fingerprint density at radius 3 is 2.73 bits per heavy atom. The molecule has 15 heavy (non-hydrogen) atoms. The summed E-state index contributed by atoms with van der Waals surface area (Å²) in [5.41, 5.74) is 5.56. The second-order valence-corrected chi connectivity index (χ2v) is 3.30. The van der Waals surface area contributed by atoms with Crippen LogP contribution in [0.15, 0.2) is 18.2 Å². The second kappa shape index (κ2) is 4.84. The summed E-state index contributed by atoms with van der Waals surface area (Å²) in [7, 11) is 0. The van der Waals surface area contributed by atoms with Gasteiger partial charge in [-0.25, -0.2) is 8.78 Å². The van der Waals surface area contributed by atoms with E-state index in [1.165, 1.54) is 0 Å². The molecule has 3 nitrogen and oxygen atoms in total. The fourth-order valence-corrected chi connectivity index (χ4v) is 1.28. The molecule has 0 aliphatic heterocycles. The van der Waals surface area contributed by atoms with Crippen LogP contribution in [0.5, 0.6) is 0 Å². The van der Waals surface area contributed by atoms with Gasteiger partial charge < -0.3 is 10.8 Å². The molecular formula is C10H11F2NO2. The molecule has 0 aliphatic carbocycles. The number of carboxylic acid groups (broad SMARTS) is 1. The molecule has 0 saturated heterocycles. The van der Waals surface area contributed by atoms with E-state index in [2.05, 4.69) is 0 Å². The molecule has 0 fully saturated rings. The molecule has 82 valence electrons. The molecular weight excluding hydrogens is 204 g/mol. The molecule has 0 bridgehead atoms. The van der Waals surface area contributed by atoms with Gasteiger partial charge in [0.2, 0.25) is 0 Å². The van der Waals surface area contributed by atoms with Crippen molar-refractivity contribution in [2.24, 2.45) is 5.73 Å². The SMILES string of the molecule is N[C@@H](CC(=O)O)Cc1cc(F)ccc1F. The molecule has 3 N–H and O–H groups in total. The van der Waals surface area contributed by atoms with Gasteiger partial charge in [0, 0.05) is 6.04 Å². The number of hydrogen-bond donors (Lipinski definition) is 2. The van der Waals surface area contributed by atoms with Crippen LogP contribution in [0.4, 0.5) is 8.78 Å². The average Bonchev–Trinajstić information content (AvgIpc) is 2.10. The second-order valence-electron chi connectivity index (χ2n) is 3.30. The lowest BCUT2D eigenvalue weighted by molar-refractivity contribution is -0.137. The fourth-order valence-electron chi connectivity index (χ4n) is 1.28. The van der Waals surface area contributed by atoms with Gasteiger partial charge in [-0.2, -0.15) is 0 Å². The van der Waals surface area contributed by atoms with Gasteiger partial charge in [0.15, 0.2) is 0 Å². The summed E-state index contributed by atoms with van der Waals surface area (Å²) < 4.78 is 25.8. The van der Waals surface area contributed by atoms with Crippen LogP contribution >= 0.6 is 0 Å². The Kier molecular flexibility index (Phi) is 3.74. The van der Waals surface area contributed by atoms with Gasteiger partial charge in [-0.3, -0.25) is 4.79 Å². The maximum absolute atomic E-state index is 13.1. The van der Waals surface area contributed by atoms with E-state index in [-0.39, 0.29) is 18.4 Å². The minimum atomic E-state index is -1.06. The van der Waals surface area contributed by atoms with Crippen LogP contribution in [0.25, 0.3) is 0 Å². The average molecular weight is 215 g/mol. The third-order valence-corrected chi connectivity index (χ3v) is 1.93. The predicted octanol–water partition coefficient (Wildman–Crippen LogP) is 1.31. The number of carbonyl (C=O) groups is 1. The lowest BCUT2D eigenvalue weighted by atomic mass is 10.0. The monoisotopic (exact) mass is 215 g/mol. The van der Waals surface area contributed by atoms with Crippen LogP contribution in [0.1, 0.15) is 12.0 Å². The highest BCUT2D eigenvalue weighted by Gasteiger charge is 2.12. The molecule has 5 heteroatoms. The van der Waals surface area contributed by atoms with Gasteiger partial charge in [-0.1, -0.05) is 0 Å². The molecule has 1 aromatic rings. The Morgan fingerprint density at radius 2 is 2.13 bits per heavy atom. The fraction of sp³-hybridized carbons (Fsp3) is 0.300. The lowest BCUT2D eigenvalue weighted by Gasteiger charge is -2.09. The lowest BCUT2D eigenvalue weighted by Crippen LogP contribution is -2.26. The van der Waals surface area contributed by atoms with Crippen molar-refractivity contribution in [3.05, 3.63) is 35.4 Å². The molecule has 0 amide bonds. The zero-order chi connectivity index (χ0) is 11.4. The van der Waals surface area contributed by atoms with Gasteiger partial charge >= 0.3 is 5.97 Å². The number of carboxylic acids is 1. The van der Waals surface area contributed by atoms with E-state index < -0.39 is 23.6 Å². The number of hydrogen-bond acceptors (Lipinski definition) is 2. The molecule has 0 spiro atoms. The molecule has 1 atom stereocenters. The van der Waals surface area contributed by atoms with Gasteiger partial charge in [-0.15, -0.1) is 0 Å². The Bertz CT molecular complexity index is 368. The van der Waals surface area contributed by atoms with Gasteiger partial charge in [0.1, 0.15) is 11.6 Å². The summed E-state index contributed by atoms with van der Waals surface area (Å²) in [6, 6.07) is 2.32. The first-order valence-corrected chi connectivity index (χ1v) is 4.40. The van der Waals surface area contributed by atoms with E-state index in [0.29, 0.717) is 0 Å². The van der Waals surface area contributed by atoms with Gasteiger partial charge in [-0.05, 0) is 30.2 Å². The van der Waals surface area contributed by atoms with Crippen LogP contribution in [0, 0.1) is 11.6 Å². The van der Waals surface area contributed by atoms with E-state index in [9.17, 15) is 13.6 Å². The van der Waals surface area contributed by atoms with Gasteiger partial charge in [0.05, 0.1) is 6.42 Å². The first-order valence-electron chi connectivity index (χ1n) is 4.40. The summed E-state index contributed by atoms with van der Waals surface area (Å²) >= 11 is 0. The van der Waals surface area contributed by atoms with Crippen molar-refractivity contribution < 1.29 is 18.7 Å². The largest absolute Gasteiger partial charge is 0.481 e. The molecule has 0 unspecified atom stereocenters. The summed E-state index contributed by atoms with van der Waals surface area (Å²) in [4.78, 5) is 10.3. The maximum Gasteiger partial charge on any atom is 0.304 e. The molecule has 0 heterocycles. The topological polar surface area (TPSA) is 63.3 Å². The number of aliphatic carboxylic acids is 1. The van der Waals surface area contributed by atoms with Crippen LogP contribution in [0.2, 0.25) is 0 Å². The zero-order valence-electron chi connectivity index (χ0n) is 7.91. The van der Waals surface area contributed by atoms with Crippen molar-refractivity contribution in [3.63, 3.8) is 0 Å². The van der Waals surface area contributed by atoms with Crippen molar-refractivity contribution in [3.8, 4) is 0 Å². The van der Waals surface area contributed by atoms with E-state index in [4.69, 9.17) is 10.8 Å². The van der Waals surface area contributed by atoms with Crippen molar-refractivity contribution in [2.45, 2.75) is 18.9 Å². The minimum Gasteiger partial charge on any atom is -0.481 e. The number of rotatable bonds is 4. The third kappa shape index (κ3) is 3.63. The third-order valence-electron chi connectivity index (χ3n) is 1.93. The highest BCUT2D eigenvalue weighted by molar-refractivity contribution is 5.67. The van der Waals surface area contributed by atoms with E-state index >= 15 is 0 Å². The Morgan fingerprint density at radius 1 is 1.47 bits per heavy atom. The summed E-state index contributed by atoms with van der Waals surface area (Å²) in [5, 5.41) is 8.44. The Balaban J connectivity index is 2.71. The molecule has 0 aliphatic rings. The van der Waals surface area contributed by atoms with Crippen molar-refractivity contribution in [1.29, 1.82) is 0 Å². The van der Waals surface area contributed by atoms with Crippen LogP contribution in [-0.2, 0) is 11.2 Å². The number of benzene rings is 1. The molecule has 0 radical (unpaired) electrons. The summed E-state index contributed by atoms with van der Waals surface area (Å²) in [5.74, 6) is -2.19. The minimum absolute atomic E-state index is 0.00981. The van der Waals surface area contributed by atoms with Crippen LogP contribution < -0.4 is 5.73 Å².